The van der Waals surface area contributed by atoms with Gasteiger partial charge in [-0.3, -0.25) is 0 Å². The van der Waals surface area contributed by atoms with Crippen LogP contribution in [0.3, 0.4) is 0 Å². The second kappa shape index (κ2) is 6.09. The molecule has 2 aromatic rings. The van der Waals surface area contributed by atoms with Gasteiger partial charge in [-0.15, -0.1) is 0 Å². The number of anilines is 1. The second-order valence-corrected chi connectivity index (χ2v) is 5.29. The molecule has 1 N–H and O–H groups in total. The lowest BCUT2D eigenvalue weighted by Crippen LogP contribution is -2.05. The van der Waals surface area contributed by atoms with Gasteiger partial charge in [0.25, 0.3) is 0 Å². The maximum atomic E-state index is 5.77. The molecule has 0 amide bonds. The van der Waals surface area contributed by atoms with Gasteiger partial charge < -0.3 is 14.8 Å². The summed E-state index contributed by atoms with van der Waals surface area (Å²) in [6.07, 6.45) is 4.32. The maximum absolute atomic E-state index is 5.77. The van der Waals surface area contributed by atoms with Crippen molar-refractivity contribution in [2.24, 2.45) is 0 Å². The number of benzene rings is 1. The highest BCUT2D eigenvalue weighted by molar-refractivity contribution is 9.10. The van der Waals surface area contributed by atoms with Gasteiger partial charge in [-0.25, -0.2) is 9.97 Å². The summed E-state index contributed by atoms with van der Waals surface area (Å²) in [5, 5.41) is 3.18. The Morgan fingerprint density at radius 3 is 2.80 bits per heavy atom. The fourth-order valence-corrected chi connectivity index (χ4v) is 2.18. The van der Waals surface area contributed by atoms with Crippen molar-refractivity contribution in [3.8, 4) is 11.5 Å². The number of nitrogens with one attached hydrogen (secondary N) is 1. The van der Waals surface area contributed by atoms with Crippen LogP contribution in [0.1, 0.15) is 12.0 Å². The Bertz CT molecular complexity index is 589. The number of hydrogen-bond acceptors (Lipinski definition) is 5. The predicted octanol–water partition coefficient (Wildman–Crippen LogP) is 3.01. The van der Waals surface area contributed by atoms with E-state index in [0.29, 0.717) is 25.7 Å². The highest BCUT2D eigenvalue weighted by Crippen LogP contribution is 2.33. The van der Waals surface area contributed by atoms with Crippen molar-refractivity contribution in [3.63, 3.8) is 0 Å². The Labute approximate surface area is 125 Å². The van der Waals surface area contributed by atoms with Crippen LogP contribution >= 0.6 is 15.9 Å². The van der Waals surface area contributed by atoms with E-state index in [0.717, 1.165) is 28.0 Å². The molecule has 0 radical (unpaired) electrons. The number of hydrogen-bond donors (Lipinski definition) is 1. The fourth-order valence-electron chi connectivity index (χ4n) is 1.97. The van der Waals surface area contributed by atoms with Gasteiger partial charge in [0.05, 0.1) is 17.7 Å². The van der Waals surface area contributed by atoms with Crippen LogP contribution in [0.5, 0.6) is 11.5 Å². The van der Waals surface area contributed by atoms with Crippen LogP contribution < -0.4 is 14.8 Å². The Balaban J connectivity index is 1.75. The lowest BCUT2D eigenvalue weighted by atomic mass is 10.2. The summed E-state index contributed by atoms with van der Waals surface area (Å²) >= 11 is 3.31. The summed E-state index contributed by atoms with van der Waals surface area (Å²) in [4.78, 5) is 8.37. The molecule has 0 spiro atoms. The number of fused-ring (bicyclic) bond motifs is 1. The van der Waals surface area contributed by atoms with Crippen molar-refractivity contribution in [1.82, 2.24) is 9.97 Å². The fraction of sp³-hybridized carbons (Fsp3) is 0.286. The zero-order valence-electron chi connectivity index (χ0n) is 10.8. The molecule has 20 heavy (non-hydrogen) atoms. The Kier molecular flexibility index (Phi) is 4.01. The van der Waals surface area contributed by atoms with Crippen molar-refractivity contribution in [2.75, 3.05) is 18.5 Å². The lowest BCUT2D eigenvalue weighted by Gasteiger charge is -2.12. The van der Waals surface area contributed by atoms with Gasteiger partial charge >= 0.3 is 0 Å². The lowest BCUT2D eigenvalue weighted by molar-refractivity contribution is 0.296. The SMILES string of the molecule is Brc1cnc(NCc2cccc3c2OCCCO3)nc1. The van der Waals surface area contributed by atoms with Gasteiger partial charge in [-0.1, -0.05) is 12.1 Å². The zero-order valence-corrected chi connectivity index (χ0v) is 12.4. The van der Waals surface area contributed by atoms with Crippen LogP contribution in [0.25, 0.3) is 0 Å². The van der Waals surface area contributed by atoms with E-state index in [2.05, 4.69) is 31.2 Å². The Hall–Kier alpha value is -1.82. The molecule has 0 fully saturated rings. The van der Waals surface area contributed by atoms with E-state index in [1.54, 1.807) is 12.4 Å². The van der Waals surface area contributed by atoms with E-state index in [4.69, 9.17) is 9.47 Å². The molecule has 0 saturated heterocycles. The third-order valence-corrected chi connectivity index (χ3v) is 3.32. The maximum Gasteiger partial charge on any atom is 0.222 e. The summed E-state index contributed by atoms with van der Waals surface area (Å²) in [5.74, 6) is 2.20. The van der Waals surface area contributed by atoms with Crippen molar-refractivity contribution in [2.45, 2.75) is 13.0 Å². The summed E-state index contributed by atoms with van der Waals surface area (Å²) in [6.45, 7) is 1.96. The Morgan fingerprint density at radius 1 is 1.15 bits per heavy atom. The van der Waals surface area contributed by atoms with Gasteiger partial charge in [-0.05, 0) is 22.0 Å². The quantitative estimate of drug-likeness (QED) is 0.934. The number of ether oxygens (including phenoxy) is 2. The van der Waals surface area contributed by atoms with E-state index in [1.807, 2.05) is 18.2 Å². The molecule has 0 unspecified atom stereocenters. The van der Waals surface area contributed by atoms with Crippen molar-refractivity contribution >= 4 is 21.9 Å². The summed E-state index contributed by atoms with van der Waals surface area (Å²) in [5.41, 5.74) is 1.04. The molecule has 6 heteroatoms. The predicted molar refractivity (Wildman–Crippen MR) is 79.1 cm³/mol. The minimum atomic E-state index is 0.584. The largest absolute Gasteiger partial charge is 0.490 e. The van der Waals surface area contributed by atoms with Gasteiger partial charge in [0.2, 0.25) is 5.95 Å². The van der Waals surface area contributed by atoms with Gasteiger partial charge in [0.1, 0.15) is 0 Å². The van der Waals surface area contributed by atoms with Crippen LogP contribution in [0, 0.1) is 0 Å². The smallest absolute Gasteiger partial charge is 0.222 e. The average Bonchev–Trinajstić information content (AvgIpc) is 2.72. The first kappa shape index (κ1) is 13.2. The number of nitrogens with zero attached hydrogens (tertiary/aromatic N) is 2. The zero-order chi connectivity index (χ0) is 13.8. The molecule has 2 heterocycles. The molecule has 3 rings (SSSR count). The van der Waals surface area contributed by atoms with Crippen molar-refractivity contribution in [3.05, 3.63) is 40.6 Å². The highest BCUT2D eigenvalue weighted by Gasteiger charge is 2.14. The van der Waals surface area contributed by atoms with Gasteiger partial charge in [0.15, 0.2) is 11.5 Å². The van der Waals surface area contributed by atoms with Crippen LogP contribution in [0.15, 0.2) is 35.1 Å². The monoisotopic (exact) mass is 335 g/mol. The van der Waals surface area contributed by atoms with Crippen LogP contribution in [-0.4, -0.2) is 23.2 Å². The van der Waals surface area contributed by atoms with E-state index in [9.17, 15) is 0 Å². The number of aromatic nitrogens is 2. The molecular weight excluding hydrogens is 322 g/mol. The molecule has 0 atom stereocenters. The molecule has 1 aliphatic rings. The van der Waals surface area contributed by atoms with Gasteiger partial charge in [0, 0.05) is 30.9 Å². The number of halogens is 1. The Morgan fingerprint density at radius 2 is 1.95 bits per heavy atom. The number of rotatable bonds is 3. The summed E-state index contributed by atoms with van der Waals surface area (Å²) in [6, 6.07) is 5.91. The topological polar surface area (TPSA) is 56.3 Å². The molecule has 0 saturated carbocycles. The third-order valence-electron chi connectivity index (χ3n) is 2.91. The molecule has 1 aromatic carbocycles. The third kappa shape index (κ3) is 3.01. The minimum Gasteiger partial charge on any atom is -0.490 e. The molecule has 5 nitrogen and oxygen atoms in total. The minimum absolute atomic E-state index is 0.584. The van der Waals surface area contributed by atoms with E-state index in [-0.39, 0.29) is 0 Å². The first-order valence-corrected chi connectivity index (χ1v) is 7.21. The van der Waals surface area contributed by atoms with Crippen LogP contribution in [0.2, 0.25) is 0 Å². The highest BCUT2D eigenvalue weighted by atomic mass is 79.9. The van der Waals surface area contributed by atoms with Crippen molar-refractivity contribution in [1.29, 1.82) is 0 Å². The average molecular weight is 336 g/mol. The van der Waals surface area contributed by atoms with E-state index in [1.165, 1.54) is 0 Å². The number of para-hydroxylation sites is 1. The van der Waals surface area contributed by atoms with Crippen LogP contribution in [-0.2, 0) is 6.54 Å². The summed E-state index contributed by atoms with van der Waals surface area (Å²) < 4.78 is 12.3. The second-order valence-electron chi connectivity index (χ2n) is 4.37. The molecule has 0 bridgehead atoms. The standard InChI is InChI=1S/C14H14BrN3O2/c15-11-8-17-14(18-9-11)16-7-10-3-1-4-12-13(10)20-6-2-5-19-12/h1,3-4,8-9H,2,5-7H2,(H,16,17,18). The summed E-state index contributed by atoms with van der Waals surface area (Å²) in [7, 11) is 0. The first-order valence-electron chi connectivity index (χ1n) is 6.42. The van der Waals surface area contributed by atoms with E-state index < -0.39 is 0 Å². The van der Waals surface area contributed by atoms with Crippen molar-refractivity contribution < 1.29 is 9.47 Å². The normalized spacial score (nSPS) is 13.7. The first-order chi connectivity index (χ1) is 9.83. The molecule has 1 aliphatic heterocycles. The van der Waals surface area contributed by atoms with Crippen LogP contribution in [0.4, 0.5) is 5.95 Å². The molecule has 1 aromatic heterocycles. The van der Waals surface area contributed by atoms with E-state index >= 15 is 0 Å². The molecular formula is C14H14BrN3O2. The van der Waals surface area contributed by atoms with Gasteiger partial charge in [-0.2, -0.15) is 0 Å². The molecule has 104 valence electrons. The molecule has 0 aliphatic carbocycles.